The zero-order valence-corrected chi connectivity index (χ0v) is 13.5. The fraction of sp³-hybridized carbons (Fsp3) is 0.562. The van der Waals surface area contributed by atoms with Crippen LogP contribution in [0.25, 0.3) is 0 Å². The molecule has 1 amide bonds. The van der Waals surface area contributed by atoms with Gasteiger partial charge in [-0.3, -0.25) is 4.79 Å². The van der Waals surface area contributed by atoms with Gasteiger partial charge < -0.3 is 10.2 Å². The van der Waals surface area contributed by atoms with Crippen LogP contribution in [0.4, 0.5) is 4.39 Å². The summed E-state index contributed by atoms with van der Waals surface area (Å²) in [4.78, 5) is 14.5. The molecule has 1 aliphatic rings. The van der Waals surface area contributed by atoms with Crippen LogP contribution in [0.1, 0.15) is 42.1 Å². The number of aryl methyl sites for hydroxylation is 1. The lowest BCUT2D eigenvalue weighted by molar-refractivity contribution is 0.0638. The highest BCUT2D eigenvalue weighted by atomic mass is 35.5. The molecular weight excluding hydrogens is 291 g/mol. The Hall–Kier alpha value is -1.13. The normalized spacial score (nSPS) is 15.4. The minimum atomic E-state index is -0.412. The van der Waals surface area contributed by atoms with Gasteiger partial charge in [-0.2, -0.15) is 0 Å². The fourth-order valence-electron chi connectivity index (χ4n) is 2.76. The highest BCUT2D eigenvalue weighted by Crippen LogP contribution is 2.18. The van der Waals surface area contributed by atoms with E-state index in [0.29, 0.717) is 6.54 Å². The Balaban J connectivity index is 0.00000220. The lowest BCUT2D eigenvalue weighted by Gasteiger charge is -2.34. The van der Waals surface area contributed by atoms with E-state index in [1.165, 1.54) is 6.07 Å². The summed E-state index contributed by atoms with van der Waals surface area (Å²) in [5, 5.41) is 3.30. The Kier molecular flexibility index (Phi) is 7.12. The molecule has 0 spiro atoms. The Bertz CT molecular complexity index is 475. The van der Waals surface area contributed by atoms with Gasteiger partial charge in [0.25, 0.3) is 5.91 Å². The minimum Gasteiger partial charge on any atom is -0.335 e. The van der Waals surface area contributed by atoms with Crippen molar-refractivity contribution in [3.63, 3.8) is 0 Å². The number of hydrogen-bond donors (Lipinski definition) is 1. The third-order valence-corrected chi connectivity index (χ3v) is 3.83. The van der Waals surface area contributed by atoms with E-state index in [9.17, 15) is 9.18 Å². The first-order chi connectivity index (χ1) is 9.63. The molecule has 0 aromatic heterocycles. The molecule has 21 heavy (non-hydrogen) atoms. The largest absolute Gasteiger partial charge is 0.335 e. The molecule has 0 bridgehead atoms. The monoisotopic (exact) mass is 314 g/mol. The summed E-state index contributed by atoms with van der Waals surface area (Å²) in [5.74, 6) is -0.582. The molecule has 118 valence electrons. The minimum absolute atomic E-state index is 0. The van der Waals surface area contributed by atoms with E-state index in [2.05, 4.69) is 5.32 Å². The number of amides is 1. The third-order valence-electron chi connectivity index (χ3n) is 3.83. The quantitative estimate of drug-likeness (QED) is 0.926. The van der Waals surface area contributed by atoms with Gasteiger partial charge in [0.15, 0.2) is 0 Å². The van der Waals surface area contributed by atoms with E-state index in [-0.39, 0.29) is 29.9 Å². The Labute approximate surface area is 132 Å². The molecule has 5 heteroatoms. The van der Waals surface area contributed by atoms with Gasteiger partial charge >= 0.3 is 0 Å². The third kappa shape index (κ3) is 4.42. The van der Waals surface area contributed by atoms with E-state index in [4.69, 9.17) is 0 Å². The van der Waals surface area contributed by atoms with Gasteiger partial charge in [-0.15, -0.1) is 12.4 Å². The van der Waals surface area contributed by atoms with E-state index >= 15 is 0 Å². The van der Waals surface area contributed by atoms with Crippen molar-refractivity contribution in [3.05, 3.63) is 35.1 Å². The van der Waals surface area contributed by atoms with Crippen LogP contribution in [0.5, 0.6) is 0 Å². The van der Waals surface area contributed by atoms with Crippen molar-refractivity contribution in [2.24, 2.45) is 0 Å². The van der Waals surface area contributed by atoms with Crippen LogP contribution in [0.15, 0.2) is 18.2 Å². The van der Waals surface area contributed by atoms with Crippen molar-refractivity contribution in [2.75, 3.05) is 19.6 Å². The highest BCUT2D eigenvalue weighted by Gasteiger charge is 2.27. The molecule has 1 saturated heterocycles. The molecule has 1 aromatic carbocycles. The second-order valence-corrected chi connectivity index (χ2v) is 5.46. The number of rotatable bonds is 4. The number of piperidine rings is 1. The van der Waals surface area contributed by atoms with Gasteiger partial charge in [0.1, 0.15) is 5.82 Å². The molecule has 0 saturated carbocycles. The summed E-state index contributed by atoms with van der Waals surface area (Å²) in [6, 6.07) is 5.06. The van der Waals surface area contributed by atoms with Crippen LogP contribution in [0, 0.1) is 12.7 Å². The summed E-state index contributed by atoms with van der Waals surface area (Å²) in [6.45, 7) is 6.42. The Morgan fingerprint density at radius 1 is 1.38 bits per heavy atom. The number of nitrogens with zero attached hydrogens (tertiary/aromatic N) is 1. The first-order valence-corrected chi connectivity index (χ1v) is 7.41. The van der Waals surface area contributed by atoms with Gasteiger partial charge in [0.05, 0.1) is 5.56 Å². The van der Waals surface area contributed by atoms with E-state index in [0.717, 1.165) is 37.9 Å². The summed E-state index contributed by atoms with van der Waals surface area (Å²) >= 11 is 0. The second-order valence-electron chi connectivity index (χ2n) is 5.46. The van der Waals surface area contributed by atoms with Crippen LogP contribution >= 0.6 is 12.4 Å². The van der Waals surface area contributed by atoms with Gasteiger partial charge in [-0.05, 0) is 57.0 Å². The zero-order valence-electron chi connectivity index (χ0n) is 12.7. The fourth-order valence-corrected chi connectivity index (χ4v) is 2.76. The average Bonchev–Trinajstić information content (AvgIpc) is 2.45. The smallest absolute Gasteiger partial charge is 0.257 e. The summed E-state index contributed by atoms with van der Waals surface area (Å²) in [7, 11) is 0. The van der Waals surface area contributed by atoms with Crippen molar-refractivity contribution in [3.8, 4) is 0 Å². The molecule has 1 N–H and O–H groups in total. The topological polar surface area (TPSA) is 32.3 Å². The summed E-state index contributed by atoms with van der Waals surface area (Å²) < 4.78 is 14.0. The SMILES string of the molecule is CCCN(C(=O)c1ccc(C)cc1F)C1CCNCC1.Cl. The summed E-state index contributed by atoms with van der Waals surface area (Å²) in [6.07, 6.45) is 2.78. The predicted molar refractivity (Wildman–Crippen MR) is 85.6 cm³/mol. The van der Waals surface area contributed by atoms with Crippen LogP contribution in [0.2, 0.25) is 0 Å². The molecule has 1 fully saturated rings. The van der Waals surface area contributed by atoms with Gasteiger partial charge in [-0.1, -0.05) is 13.0 Å². The maximum absolute atomic E-state index is 14.0. The molecular formula is C16H24ClFN2O. The van der Waals surface area contributed by atoms with Crippen molar-refractivity contribution in [1.29, 1.82) is 0 Å². The number of hydrogen-bond acceptors (Lipinski definition) is 2. The standard InChI is InChI=1S/C16H23FN2O.ClH/c1-3-10-19(13-6-8-18-9-7-13)16(20)14-5-4-12(2)11-15(14)17;/h4-5,11,13,18H,3,6-10H2,1-2H3;1H. The van der Waals surface area contributed by atoms with Gasteiger partial charge in [-0.25, -0.2) is 4.39 Å². The lowest BCUT2D eigenvalue weighted by Crippen LogP contribution is -2.46. The number of carbonyl (C=O) groups excluding carboxylic acids is 1. The van der Waals surface area contributed by atoms with Gasteiger partial charge in [0, 0.05) is 12.6 Å². The molecule has 2 rings (SSSR count). The molecule has 0 radical (unpaired) electrons. The molecule has 0 atom stereocenters. The van der Waals surface area contributed by atoms with Crippen LogP contribution in [0.3, 0.4) is 0 Å². The zero-order chi connectivity index (χ0) is 14.5. The van der Waals surface area contributed by atoms with Crippen LogP contribution < -0.4 is 5.32 Å². The van der Waals surface area contributed by atoms with E-state index in [1.54, 1.807) is 12.1 Å². The average molecular weight is 315 g/mol. The Morgan fingerprint density at radius 2 is 2.05 bits per heavy atom. The van der Waals surface area contributed by atoms with Crippen LogP contribution in [-0.2, 0) is 0 Å². The molecule has 1 heterocycles. The molecule has 0 unspecified atom stereocenters. The molecule has 1 aliphatic heterocycles. The number of benzene rings is 1. The summed E-state index contributed by atoms with van der Waals surface area (Å²) in [5.41, 5.74) is 1.03. The van der Waals surface area contributed by atoms with Crippen molar-refractivity contribution >= 4 is 18.3 Å². The maximum Gasteiger partial charge on any atom is 0.257 e. The first kappa shape index (κ1) is 17.9. The van der Waals surface area contributed by atoms with Crippen LogP contribution in [-0.4, -0.2) is 36.5 Å². The number of nitrogens with one attached hydrogen (secondary N) is 1. The van der Waals surface area contributed by atoms with Crippen molar-refractivity contribution in [2.45, 2.75) is 39.2 Å². The highest BCUT2D eigenvalue weighted by molar-refractivity contribution is 5.94. The molecule has 0 aliphatic carbocycles. The first-order valence-electron chi connectivity index (χ1n) is 7.41. The van der Waals surface area contributed by atoms with E-state index in [1.807, 2.05) is 18.7 Å². The molecule has 3 nitrogen and oxygen atoms in total. The van der Waals surface area contributed by atoms with Crippen molar-refractivity contribution < 1.29 is 9.18 Å². The van der Waals surface area contributed by atoms with Crippen molar-refractivity contribution in [1.82, 2.24) is 10.2 Å². The number of halogens is 2. The second kappa shape index (κ2) is 8.35. The maximum atomic E-state index is 14.0. The predicted octanol–water partition coefficient (Wildman–Crippen LogP) is 3.16. The van der Waals surface area contributed by atoms with E-state index < -0.39 is 5.82 Å². The van der Waals surface area contributed by atoms with Gasteiger partial charge in [0.2, 0.25) is 0 Å². The lowest BCUT2D eigenvalue weighted by atomic mass is 10.0. The number of carbonyl (C=O) groups is 1. The Morgan fingerprint density at radius 3 is 2.62 bits per heavy atom. The molecule has 1 aromatic rings.